The third-order valence-electron chi connectivity index (χ3n) is 2.23. The summed E-state index contributed by atoms with van der Waals surface area (Å²) in [6, 6.07) is 5.16. The van der Waals surface area contributed by atoms with Crippen molar-refractivity contribution in [3.8, 4) is 0 Å². The van der Waals surface area contributed by atoms with Crippen molar-refractivity contribution in [1.29, 1.82) is 0 Å². The molecule has 16 heavy (non-hydrogen) atoms. The van der Waals surface area contributed by atoms with E-state index in [1.807, 2.05) is 6.92 Å². The molecular formula is C11H12N4O. The number of hydrogen-bond acceptors (Lipinski definition) is 3. The summed E-state index contributed by atoms with van der Waals surface area (Å²) < 4.78 is 0. The Hall–Kier alpha value is -2.30. The van der Waals surface area contributed by atoms with Crippen LogP contribution in [0.5, 0.6) is 0 Å². The van der Waals surface area contributed by atoms with Crippen LogP contribution in [0, 0.1) is 6.92 Å². The highest BCUT2D eigenvalue weighted by Gasteiger charge is 2.09. The van der Waals surface area contributed by atoms with E-state index in [0.29, 0.717) is 17.2 Å². The second-order valence-electron chi connectivity index (χ2n) is 3.47. The van der Waals surface area contributed by atoms with Gasteiger partial charge in [0.15, 0.2) is 0 Å². The van der Waals surface area contributed by atoms with Crippen molar-refractivity contribution < 1.29 is 4.79 Å². The van der Waals surface area contributed by atoms with Crippen LogP contribution in [-0.2, 0) is 0 Å². The van der Waals surface area contributed by atoms with Gasteiger partial charge in [0.1, 0.15) is 0 Å². The molecule has 0 saturated heterocycles. The molecule has 5 nitrogen and oxygen atoms in total. The largest absolute Gasteiger partial charge is 0.399 e. The van der Waals surface area contributed by atoms with Gasteiger partial charge in [-0.2, -0.15) is 0 Å². The molecule has 0 aliphatic rings. The number of nitrogens with one attached hydrogen (secondary N) is 2. The molecule has 1 aromatic heterocycles. The SMILES string of the molecule is Cc1cc(N)ccc1C(=O)Nc1ncc[nH]1. The average molecular weight is 216 g/mol. The van der Waals surface area contributed by atoms with Crippen LogP contribution in [0.1, 0.15) is 15.9 Å². The fourth-order valence-corrected chi connectivity index (χ4v) is 1.45. The molecule has 0 radical (unpaired) electrons. The number of nitrogens with zero attached hydrogens (tertiary/aromatic N) is 1. The first kappa shape index (κ1) is 10.2. The Kier molecular flexibility index (Phi) is 2.59. The van der Waals surface area contributed by atoms with Crippen molar-refractivity contribution in [2.24, 2.45) is 0 Å². The fourth-order valence-electron chi connectivity index (χ4n) is 1.45. The van der Waals surface area contributed by atoms with Gasteiger partial charge >= 0.3 is 0 Å². The number of benzene rings is 1. The number of hydrogen-bond donors (Lipinski definition) is 3. The van der Waals surface area contributed by atoms with Gasteiger partial charge in [-0.25, -0.2) is 4.98 Å². The normalized spacial score (nSPS) is 10.1. The molecule has 2 aromatic rings. The maximum absolute atomic E-state index is 11.8. The predicted octanol–water partition coefficient (Wildman–Crippen LogP) is 1.55. The van der Waals surface area contributed by atoms with E-state index >= 15 is 0 Å². The van der Waals surface area contributed by atoms with Crippen LogP contribution in [0.3, 0.4) is 0 Å². The number of aromatic nitrogens is 2. The minimum Gasteiger partial charge on any atom is -0.399 e. The molecule has 0 bridgehead atoms. The van der Waals surface area contributed by atoms with Gasteiger partial charge in [0.25, 0.3) is 5.91 Å². The summed E-state index contributed by atoms with van der Waals surface area (Å²) in [5, 5.41) is 2.65. The lowest BCUT2D eigenvalue weighted by Gasteiger charge is -2.06. The van der Waals surface area contributed by atoms with Gasteiger partial charge in [-0.3, -0.25) is 10.1 Å². The number of nitrogens with two attached hydrogens (primary N) is 1. The number of amides is 1. The van der Waals surface area contributed by atoms with E-state index in [4.69, 9.17) is 5.73 Å². The van der Waals surface area contributed by atoms with Gasteiger partial charge < -0.3 is 10.7 Å². The van der Waals surface area contributed by atoms with Crippen molar-refractivity contribution in [2.45, 2.75) is 6.92 Å². The fraction of sp³-hybridized carbons (Fsp3) is 0.0909. The molecule has 1 amide bonds. The highest BCUT2D eigenvalue weighted by Crippen LogP contribution is 2.13. The zero-order chi connectivity index (χ0) is 11.5. The summed E-state index contributed by atoms with van der Waals surface area (Å²) in [7, 11) is 0. The quantitative estimate of drug-likeness (QED) is 0.666. The van der Waals surface area contributed by atoms with Crippen LogP contribution in [0.15, 0.2) is 30.6 Å². The standard InChI is InChI=1S/C11H12N4O/c1-7-6-8(12)2-3-9(7)10(16)15-11-13-4-5-14-11/h2-6H,12H2,1H3,(H2,13,14,15,16). The summed E-state index contributed by atoms with van der Waals surface area (Å²) in [6.07, 6.45) is 3.22. The summed E-state index contributed by atoms with van der Waals surface area (Å²) in [5.41, 5.74) is 7.68. The predicted molar refractivity (Wildman–Crippen MR) is 62.1 cm³/mol. The number of aromatic amines is 1. The Balaban J connectivity index is 2.21. The van der Waals surface area contributed by atoms with Gasteiger partial charge in [-0.15, -0.1) is 0 Å². The molecule has 1 heterocycles. The van der Waals surface area contributed by atoms with E-state index in [2.05, 4.69) is 15.3 Å². The van der Waals surface area contributed by atoms with E-state index in [9.17, 15) is 4.79 Å². The topological polar surface area (TPSA) is 83.8 Å². The minimum absolute atomic E-state index is 0.201. The second-order valence-corrected chi connectivity index (χ2v) is 3.47. The monoisotopic (exact) mass is 216 g/mol. The molecule has 0 saturated carbocycles. The van der Waals surface area contributed by atoms with Crippen molar-refractivity contribution in [3.05, 3.63) is 41.7 Å². The lowest BCUT2D eigenvalue weighted by atomic mass is 10.1. The molecule has 0 fully saturated rings. The second kappa shape index (κ2) is 4.06. The number of anilines is 2. The van der Waals surface area contributed by atoms with E-state index in [0.717, 1.165) is 5.56 Å². The summed E-state index contributed by atoms with van der Waals surface area (Å²) in [6.45, 7) is 1.84. The zero-order valence-electron chi connectivity index (χ0n) is 8.82. The number of carbonyl (C=O) groups excluding carboxylic acids is 1. The van der Waals surface area contributed by atoms with Gasteiger partial charge in [-0.1, -0.05) is 0 Å². The number of carbonyl (C=O) groups is 1. The number of imidazole rings is 1. The number of aryl methyl sites for hydroxylation is 1. The van der Waals surface area contributed by atoms with Gasteiger partial charge in [0.05, 0.1) is 0 Å². The molecule has 0 aliphatic heterocycles. The summed E-state index contributed by atoms with van der Waals surface area (Å²) in [4.78, 5) is 18.5. The number of nitrogen functional groups attached to an aromatic ring is 1. The lowest BCUT2D eigenvalue weighted by Crippen LogP contribution is -2.14. The van der Waals surface area contributed by atoms with E-state index in [-0.39, 0.29) is 5.91 Å². The maximum Gasteiger partial charge on any atom is 0.258 e. The first-order valence-corrected chi connectivity index (χ1v) is 4.83. The minimum atomic E-state index is -0.201. The Morgan fingerprint density at radius 1 is 1.50 bits per heavy atom. The van der Waals surface area contributed by atoms with Crippen molar-refractivity contribution >= 4 is 17.5 Å². The van der Waals surface area contributed by atoms with Crippen LogP contribution in [0.2, 0.25) is 0 Å². The molecule has 0 aliphatic carbocycles. The number of rotatable bonds is 2. The van der Waals surface area contributed by atoms with Crippen LogP contribution in [0.4, 0.5) is 11.6 Å². The lowest BCUT2D eigenvalue weighted by molar-refractivity contribution is 0.102. The Morgan fingerprint density at radius 2 is 2.31 bits per heavy atom. The van der Waals surface area contributed by atoms with Crippen molar-refractivity contribution in [1.82, 2.24) is 9.97 Å². The van der Waals surface area contributed by atoms with Crippen molar-refractivity contribution in [3.63, 3.8) is 0 Å². The Labute approximate surface area is 92.7 Å². The molecule has 2 rings (SSSR count). The maximum atomic E-state index is 11.8. The van der Waals surface area contributed by atoms with Crippen LogP contribution in [-0.4, -0.2) is 15.9 Å². The molecule has 0 spiro atoms. The third-order valence-corrected chi connectivity index (χ3v) is 2.23. The number of H-pyrrole nitrogens is 1. The van der Waals surface area contributed by atoms with Crippen LogP contribution in [0.25, 0.3) is 0 Å². The zero-order valence-corrected chi connectivity index (χ0v) is 8.82. The summed E-state index contributed by atoms with van der Waals surface area (Å²) in [5.74, 6) is 0.230. The Bertz CT molecular complexity index is 505. The van der Waals surface area contributed by atoms with E-state index in [1.54, 1.807) is 30.6 Å². The third kappa shape index (κ3) is 2.03. The van der Waals surface area contributed by atoms with Gasteiger partial charge in [0.2, 0.25) is 5.95 Å². The molecule has 82 valence electrons. The highest BCUT2D eigenvalue weighted by atomic mass is 16.1. The first-order valence-electron chi connectivity index (χ1n) is 4.83. The van der Waals surface area contributed by atoms with E-state index in [1.165, 1.54) is 0 Å². The van der Waals surface area contributed by atoms with Gasteiger partial charge in [0, 0.05) is 23.6 Å². The highest BCUT2D eigenvalue weighted by molar-refractivity contribution is 6.04. The first-order chi connectivity index (χ1) is 7.66. The molecule has 0 atom stereocenters. The van der Waals surface area contributed by atoms with Crippen LogP contribution >= 0.6 is 0 Å². The van der Waals surface area contributed by atoms with Crippen molar-refractivity contribution in [2.75, 3.05) is 11.1 Å². The average Bonchev–Trinajstić information content (AvgIpc) is 2.70. The van der Waals surface area contributed by atoms with Crippen LogP contribution < -0.4 is 11.1 Å². The molecule has 0 unspecified atom stereocenters. The molecule has 4 N–H and O–H groups in total. The molecule has 1 aromatic carbocycles. The Morgan fingerprint density at radius 3 is 2.94 bits per heavy atom. The molecular weight excluding hydrogens is 204 g/mol. The van der Waals surface area contributed by atoms with E-state index < -0.39 is 0 Å². The molecule has 5 heteroatoms. The summed E-state index contributed by atoms with van der Waals surface area (Å²) >= 11 is 0. The van der Waals surface area contributed by atoms with Gasteiger partial charge in [-0.05, 0) is 30.7 Å². The smallest absolute Gasteiger partial charge is 0.258 e.